The van der Waals surface area contributed by atoms with Crippen molar-refractivity contribution in [3.05, 3.63) is 36.0 Å². The van der Waals surface area contributed by atoms with Crippen LogP contribution >= 0.6 is 0 Å². The van der Waals surface area contributed by atoms with Crippen molar-refractivity contribution in [1.29, 1.82) is 0 Å². The quantitative estimate of drug-likeness (QED) is 0.584. The Hall–Kier alpha value is -0.860. The third kappa shape index (κ3) is 10.3. The van der Waals surface area contributed by atoms with Gasteiger partial charge in [-0.2, -0.15) is 0 Å². The molecule has 2 heteroatoms. The summed E-state index contributed by atoms with van der Waals surface area (Å²) in [6.07, 6.45) is 8.74. The molecule has 0 radical (unpaired) electrons. The van der Waals surface area contributed by atoms with Crippen LogP contribution in [0.3, 0.4) is 0 Å². The summed E-state index contributed by atoms with van der Waals surface area (Å²) in [4.78, 5) is 2.68. The van der Waals surface area contributed by atoms with Crippen LogP contribution in [0.25, 0.3) is 0 Å². The van der Waals surface area contributed by atoms with Gasteiger partial charge in [0.05, 0.1) is 0 Å². The van der Waals surface area contributed by atoms with Gasteiger partial charge in [-0.3, -0.25) is 0 Å². The molecule has 0 spiro atoms. The Balaban J connectivity index is 0.00000113. The molecule has 2 aliphatic heterocycles. The lowest BCUT2D eigenvalue weighted by Crippen LogP contribution is -2.40. The molecule has 2 nitrogen and oxygen atoms in total. The van der Waals surface area contributed by atoms with Crippen LogP contribution < -0.4 is 5.32 Å². The second-order valence-corrected chi connectivity index (χ2v) is 7.66. The first kappa shape index (κ1) is 25.1. The Morgan fingerprint density at radius 1 is 1.00 bits per heavy atom. The van der Waals surface area contributed by atoms with Gasteiger partial charge in [0.1, 0.15) is 0 Å². The predicted molar refractivity (Wildman–Crippen MR) is 120 cm³/mol. The van der Waals surface area contributed by atoms with Crippen molar-refractivity contribution in [3.63, 3.8) is 0 Å². The minimum absolute atomic E-state index is 0.670. The SMILES string of the molecule is C=C(C)/C(C)=C/C(=C)C1CCN(CC2CCNCC2)CC1.CC.CCC. The van der Waals surface area contributed by atoms with Gasteiger partial charge in [0.25, 0.3) is 0 Å². The van der Waals surface area contributed by atoms with E-state index in [0.717, 1.165) is 11.5 Å². The van der Waals surface area contributed by atoms with Crippen molar-refractivity contribution in [3.8, 4) is 0 Å². The molecular weight excluding hydrogens is 316 g/mol. The topological polar surface area (TPSA) is 15.3 Å². The molecule has 2 aliphatic rings. The molecule has 0 amide bonds. The zero-order valence-corrected chi connectivity index (χ0v) is 18.7. The molecule has 2 heterocycles. The van der Waals surface area contributed by atoms with Crippen LogP contribution in [0.5, 0.6) is 0 Å². The monoisotopic (exact) mass is 362 g/mol. The van der Waals surface area contributed by atoms with Gasteiger partial charge >= 0.3 is 0 Å². The van der Waals surface area contributed by atoms with Crippen LogP contribution in [0.15, 0.2) is 36.0 Å². The van der Waals surface area contributed by atoms with Gasteiger partial charge in [-0.1, -0.05) is 64.5 Å². The van der Waals surface area contributed by atoms with E-state index >= 15 is 0 Å². The molecule has 0 aromatic heterocycles. The molecule has 26 heavy (non-hydrogen) atoms. The maximum atomic E-state index is 4.30. The number of hydrogen-bond acceptors (Lipinski definition) is 2. The Morgan fingerprint density at radius 2 is 1.50 bits per heavy atom. The maximum absolute atomic E-state index is 4.30. The highest BCUT2D eigenvalue weighted by Crippen LogP contribution is 2.27. The first-order chi connectivity index (χ1) is 12.5. The van der Waals surface area contributed by atoms with Gasteiger partial charge in [0.2, 0.25) is 0 Å². The summed E-state index contributed by atoms with van der Waals surface area (Å²) in [5.74, 6) is 1.58. The molecule has 1 N–H and O–H groups in total. The van der Waals surface area contributed by atoms with Crippen LogP contribution in [-0.4, -0.2) is 37.6 Å². The van der Waals surface area contributed by atoms with Gasteiger partial charge in [-0.25, -0.2) is 0 Å². The summed E-state index contributed by atoms with van der Waals surface area (Å²) < 4.78 is 0. The normalized spacial score (nSPS) is 19.7. The molecule has 2 rings (SSSR count). The number of rotatable bonds is 5. The third-order valence-corrected chi connectivity index (χ3v) is 5.16. The number of piperidine rings is 2. The molecule has 0 atom stereocenters. The van der Waals surface area contributed by atoms with Crippen LogP contribution in [-0.2, 0) is 0 Å². The van der Waals surface area contributed by atoms with E-state index in [4.69, 9.17) is 0 Å². The van der Waals surface area contributed by atoms with Crippen LogP contribution in [0.1, 0.15) is 73.6 Å². The summed E-state index contributed by atoms with van der Waals surface area (Å²) in [6.45, 7) is 27.0. The Kier molecular flexibility index (Phi) is 14.7. The van der Waals surface area contributed by atoms with Crippen LogP contribution in [0, 0.1) is 11.8 Å². The highest BCUT2D eigenvalue weighted by Gasteiger charge is 2.23. The molecule has 0 bridgehead atoms. The van der Waals surface area contributed by atoms with E-state index < -0.39 is 0 Å². The fourth-order valence-corrected chi connectivity index (χ4v) is 3.43. The summed E-state index contributed by atoms with van der Waals surface area (Å²) in [5.41, 5.74) is 3.73. The smallest absolute Gasteiger partial charge is 0.00106 e. The van der Waals surface area contributed by atoms with E-state index in [2.05, 4.69) is 57.1 Å². The van der Waals surface area contributed by atoms with E-state index in [9.17, 15) is 0 Å². The number of nitrogens with one attached hydrogen (secondary N) is 1. The highest BCUT2D eigenvalue weighted by atomic mass is 15.1. The number of allylic oxidation sites excluding steroid dienone is 4. The largest absolute Gasteiger partial charge is 0.317 e. The molecule has 0 aromatic carbocycles. The molecule has 2 fully saturated rings. The second kappa shape index (κ2) is 15.2. The van der Waals surface area contributed by atoms with Crippen LogP contribution in [0.4, 0.5) is 0 Å². The Bertz CT molecular complexity index is 408. The van der Waals surface area contributed by atoms with E-state index in [1.165, 1.54) is 76.0 Å². The Morgan fingerprint density at radius 3 is 1.96 bits per heavy atom. The first-order valence-electron chi connectivity index (χ1n) is 10.9. The van der Waals surface area contributed by atoms with Crippen molar-refractivity contribution in [2.75, 3.05) is 32.7 Å². The van der Waals surface area contributed by atoms with E-state index in [-0.39, 0.29) is 0 Å². The summed E-state index contributed by atoms with van der Waals surface area (Å²) in [5, 5.41) is 3.46. The van der Waals surface area contributed by atoms with Gasteiger partial charge in [0, 0.05) is 6.54 Å². The second-order valence-electron chi connectivity index (χ2n) is 7.66. The summed E-state index contributed by atoms with van der Waals surface area (Å²) in [7, 11) is 0. The van der Waals surface area contributed by atoms with Crippen LogP contribution in [0.2, 0.25) is 0 Å². The molecular formula is C24H46N2. The zero-order valence-electron chi connectivity index (χ0n) is 18.7. The van der Waals surface area contributed by atoms with Crippen molar-refractivity contribution < 1.29 is 0 Å². The average molecular weight is 363 g/mol. The average Bonchev–Trinajstić information content (AvgIpc) is 2.65. The fourth-order valence-electron chi connectivity index (χ4n) is 3.43. The van der Waals surface area contributed by atoms with Gasteiger partial charge in [-0.15, -0.1) is 0 Å². The third-order valence-electron chi connectivity index (χ3n) is 5.16. The summed E-state index contributed by atoms with van der Waals surface area (Å²) >= 11 is 0. The van der Waals surface area contributed by atoms with Crippen molar-refractivity contribution >= 4 is 0 Å². The van der Waals surface area contributed by atoms with Gasteiger partial charge < -0.3 is 10.2 Å². The fraction of sp³-hybridized carbons (Fsp3) is 0.750. The molecule has 152 valence electrons. The van der Waals surface area contributed by atoms with E-state index in [1.807, 2.05) is 13.8 Å². The Labute approximate surface area is 164 Å². The minimum Gasteiger partial charge on any atom is -0.317 e. The van der Waals surface area contributed by atoms with Gasteiger partial charge in [-0.05, 0) is 83.1 Å². The minimum atomic E-state index is 0.670. The van der Waals surface area contributed by atoms with E-state index in [1.54, 1.807) is 0 Å². The number of hydrogen-bond donors (Lipinski definition) is 1. The molecule has 0 saturated carbocycles. The highest BCUT2D eigenvalue weighted by molar-refractivity contribution is 5.32. The molecule has 0 aromatic rings. The number of likely N-dealkylation sites (tertiary alicyclic amines) is 1. The lowest BCUT2D eigenvalue weighted by molar-refractivity contribution is 0.159. The lowest BCUT2D eigenvalue weighted by atomic mass is 9.87. The van der Waals surface area contributed by atoms with Gasteiger partial charge in [0.15, 0.2) is 0 Å². The molecule has 2 saturated heterocycles. The van der Waals surface area contributed by atoms with E-state index in [0.29, 0.717) is 5.92 Å². The predicted octanol–water partition coefficient (Wildman–Crippen LogP) is 6.22. The van der Waals surface area contributed by atoms with Crippen molar-refractivity contribution in [2.45, 2.75) is 73.6 Å². The maximum Gasteiger partial charge on any atom is 0.00106 e. The van der Waals surface area contributed by atoms with Crippen molar-refractivity contribution in [2.24, 2.45) is 11.8 Å². The summed E-state index contributed by atoms with van der Waals surface area (Å²) in [6, 6.07) is 0. The van der Waals surface area contributed by atoms with Crippen molar-refractivity contribution in [1.82, 2.24) is 10.2 Å². The molecule has 0 unspecified atom stereocenters. The zero-order chi connectivity index (χ0) is 19.9. The molecule has 0 aliphatic carbocycles. The standard InChI is InChI=1S/C19H32N2.C3H8.C2H6/c1-15(2)16(3)13-17(4)19-7-11-21(12-8-19)14-18-5-9-20-10-6-18;1-3-2;1-2/h13,18-20H,1,4-12,14H2,2-3H3;3H2,1-2H3;1-2H3/b16-13+;;. The lowest BCUT2D eigenvalue weighted by Gasteiger charge is -2.35. The first-order valence-corrected chi connectivity index (χ1v) is 10.9. The number of nitrogens with zero attached hydrogens (tertiary/aromatic N) is 1.